The number of hydrogen-bond acceptors (Lipinski definition) is 4. The van der Waals surface area contributed by atoms with Crippen LogP contribution in [-0.4, -0.2) is 47.0 Å². The van der Waals surface area contributed by atoms with Crippen molar-refractivity contribution in [3.8, 4) is 0 Å². The molecule has 0 amide bonds. The summed E-state index contributed by atoms with van der Waals surface area (Å²) in [5.74, 6) is 0.830. The van der Waals surface area contributed by atoms with Gasteiger partial charge in [0.25, 0.3) is 0 Å². The molecule has 0 aliphatic carbocycles. The minimum atomic E-state index is -3.13. The predicted octanol–water partition coefficient (Wildman–Crippen LogP) is 1.11. The van der Waals surface area contributed by atoms with Crippen LogP contribution >= 0.6 is 0 Å². The first kappa shape index (κ1) is 16.2. The number of nitrogens with one attached hydrogen (secondary N) is 2. The molecule has 0 aromatic rings. The highest BCUT2D eigenvalue weighted by atomic mass is 32.2. The Bertz CT molecular complexity index is 385. The summed E-state index contributed by atoms with van der Waals surface area (Å²) < 4.78 is 32.4. The van der Waals surface area contributed by atoms with Gasteiger partial charge in [0.1, 0.15) is 0 Å². The first-order valence-electron chi connectivity index (χ1n) is 7.75. The van der Waals surface area contributed by atoms with E-state index >= 15 is 0 Å². The van der Waals surface area contributed by atoms with Gasteiger partial charge in [-0.25, -0.2) is 13.1 Å². The summed E-state index contributed by atoms with van der Waals surface area (Å²) in [5, 5.41) is 3.31. The van der Waals surface area contributed by atoms with Crippen LogP contribution in [0, 0.1) is 11.3 Å². The Morgan fingerprint density at radius 2 is 1.90 bits per heavy atom. The van der Waals surface area contributed by atoms with Crippen LogP contribution in [0.5, 0.6) is 0 Å². The van der Waals surface area contributed by atoms with E-state index in [2.05, 4.69) is 17.0 Å². The van der Waals surface area contributed by atoms with Gasteiger partial charge >= 0.3 is 0 Å². The van der Waals surface area contributed by atoms with Crippen LogP contribution in [0.4, 0.5) is 0 Å². The Morgan fingerprint density at radius 1 is 1.25 bits per heavy atom. The normalized spacial score (nSPS) is 24.6. The highest BCUT2D eigenvalue weighted by molar-refractivity contribution is 7.89. The Kier molecular flexibility index (Phi) is 5.84. The van der Waals surface area contributed by atoms with Gasteiger partial charge in [-0.05, 0) is 56.5 Å². The number of ether oxygens (including phenoxy) is 1. The number of piperidine rings is 1. The van der Waals surface area contributed by atoms with E-state index in [0.717, 1.165) is 58.4 Å². The minimum absolute atomic E-state index is 0.0556. The predicted molar refractivity (Wildman–Crippen MR) is 80.2 cm³/mol. The zero-order chi connectivity index (χ0) is 14.5. The van der Waals surface area contributed by atoms with E-state index < -0.39 is 10.0 Å². The van der Waals surface area contributed by atoms with Crippen molar-refractivity contribution in [2.24, 2.45) is 11.3 Å². The molecule has 0 bridgehead atoms. The fourth-order valence-corrected chi connectivity index (χ4v) is 4.25. The van der Waals surface area contributed by atoms with Crippen molar-refractivity contribution in [2.45, 2.75) is 39.0 Å². The second kappa shape index (κ2) is 7.20. The molecule has 0 aromatic heterocycles. The number of rotatable bonds is 6. The highest BCUT2D eigenvalue weighted by Gasteiger charge is 2.29. The van der Waals surface area contributed by atoms with E-state index in [9.17, 15) is 8.42 Å². The lowest BCUT2D eigenvalue weighted by molar-refractivity contribution is 0.0264. The van der Waals surface area contributed by atoms with E-state index in [1.807, 2.05) is 0 Å². The summed E-state index contributed by atoms with van der Waals surface area (Å²) >= 11 is 0. The molecule has 0 radical (unpaired) electrons. The molecule has 0 spiro atoms. The highest BCUT2D eigenvalue weighted by Crippen LogP contribution is 2.29. The van der Waals surface area contributed by atoms with Gasteiger partial charge in [-0.2, -0.15) is 0 Å². The van der Waals surface area contributed by atoms with Crippen molar-refractivity contribution in [3.05, 3.63) is 0 Å². The first-order valence-corrected chi connectivity index (χ1v) is 9.40. The van der Waals surface area contributed by atoms with Crippen LogP contribution in [0.2, 0.25) is 0 Å². The summed E-state index contributed by atoms with van der Waals surface area (Å²) in [6.07, 6.45) is 4.86. The van der Waals surface area contributed by atoms with Crippen LogP contribution in [0.3, 0.4) is 0 Å². The first-order chi connectivity index (χ1) is 9.49. The topological polar surface area (TPSA) is 67.4 Å². The molecule has 6 heteroatoms. The van der Waals surface area contributed by atoms with Gasteiger partial charge < -0.3 is 10.1 Å². The van der Waals surface area contributed by atoms with Gasteiger partial charge in [0.05, 0.1) is 5.75 Å². The SMILES string of the molecule is CC1(CNS(=O)(=O)CCC2CCNCC2)CCOCC1. The molecule has 2 N–H and O–H groups in total. The molecule has 5 nitrogen and oxygen atoms in total. The molecule has 2 fully saturated rings. The summed E-state index contributed by atoms with van der Waals surface area (Å²) in [6, 6.07) is 0. The maximum Gasteiger partial charge on any atom is 0.211 e. The van der Waals surface area contributed by atoms with Gasteiger partial charge in [0.15, 0.2) is 0 Å². The molecular weight excluding hydrogens is 276 g/mol. The second-order valence-electron chi connectivity index (χ2n) is 6.55. The second-order valence-corrected chi connectivity index (χ2v) is 8.47. The fourth-order valence-electron chi connectivity index (χ4n) is 2.89. The van der Waals surface area contributed by atoms with Crippen LogP contribution in [-0.2, 0) is 14.8 Å². The third-order valence-corrected chi connectivity index (χ3v) is 6.03. The Morgan fingerprint density at radius 3 is 2.55 bits per heavy atom. The van der Waals surface area contributed by atoms with Crippen molar-refractivity contribution in [1.82, 2.24) is 10.0 Å². The lowest BCUT2D eigenvalue weighted by Crippen LogP contribution is -2.40. The van der Waals surface area contributed by atoms with Gasteiger partial charge in [-0.15, -0.1) is 0 Å². The zero-order valence-corrected chi connectivity index (χ0v) is 13.3. The van der Waals surface area contributed by atoms with E-state index in [4.69, 9.17) is 4.74 Å². The third-order valence-electron chi connectivity index (χ3n) is 4.67. The van der Waals surface area contributed by atoms with Crippen molar-refractivity contribution >= 4 is 10.0 Å². The minimum Gasteiger partial charge on any atom is -0.381 e. The summed E-state index contributed by atoms with van der Waals surface area (Å²) in [6.45, 7) is 6.22. The fraction of sp³-hybridized carbons (Fsp3) is 1.00. The number of sulfonamides is 1. The van der Waals surface area contributed by atoms with Gasteiger partial charge in [-0.3, -0.25) is 0 Å². The lowest BCUT2D eigenvalue weighted by Gasteiger charge is -2.33. The molecule has 2 aliphatic rings. The average molecular weight is 304 g/mol. The molecule has 0 unspecified atom stereocenters. The van der Waals surface area contributed by atoms with Crippen molar-refractivity contribution in [3.63, 3.8) is 0 Å². The molecule has 2 heterocycles. The van der Waals surface area contributed by atoms with Crippen LogP contribution in [0.25, 0.3) is 0 Å². The van der Waals surface area contributed by atoms with Crippen molar-refractivity contribution in [2.75, 3.05) is 38.6 Å². The van der Waals surface area contributed by atoms with E-state index in [1.54, 1.807) is 0 Å². The summed E-state index contributed by atoms with van der Waals surface area (Å²) in [5.41, 5.74) is 0.0556. The molecule has 0 saturated carbocycles. The smallest absolute Gasteiger partial charge is 0.211 e. The Labute approximate surface area is 122 Å². The summed E-state index contributed by atoms with van der Waals surface area (Å²) in [4.78, 5) is 0. The lowest BCUT2D eigenvalue weighted by atomic mass is 9.83. The number of hydrogen-bond donors (Lipinski definition) is 2. The maximum absolute atomic E-state index is 12.1. The van der Waals surface area contributed by atoms with Crippen molar-refractivity contribution < 1.29 is 13.2 Å². The molecule has 118 valence electrons. The molecule has 2 saturated heterocycles. The monoisotopic (exact) mass is 304 g/mol. The molecular formula is C14H28N2O3S. The molecule has 2 rings (SSSR count). The molecule has 0 aromatic carbocycles. The quantitative estimate of drug-likeness (QED) is 0.771. The largest absolute Gasteiger partial charge is 0.381 e. The van der Waals surface area contributed by atoms with Gasteiger partial charge in [0.2, 0.25) is 10.0 Å². The molecule has 20 heavy (non-hydrogen) atoms. The van der Waals surface area contributed by atoms with Gasteiger partial charge in [-0.1, -0.05) is 6.92 Å². The van der Waals surface area contributed by atoms with Crippen LogP contribution in [0.15, 0.2) is 0 Å². The molecule has 0 atom stereocenters. The van der Waals surface area contributed by atoms with Crippen LogP contribution in [0.1, 0.15) is 39.0 Å². The van der Waals surface area contributed by atoms with Crippen LogP contribution < -0.4 is 10.0 Å². The van der Waals surface area contributed by atoms with E-state index in [-0.39, 0.29) is 11.2 Å². The van der Waals surface area contributed by atoms with Gasteiger partial charge in [0, 0.05) is 19.8 Å². The maximum atomic E-state index is 12.1. The average Bonchev–Trinajstić information content (AvgIpc) is 2.46. The molecule has 2 aliphatic heterocycles. The van der Waals surface area contributed by atoms with E-state index in [0.29, 0.717) is 12.5 Å². The zero-order valence-electron chi connectivity index (χ0n) is 12.5. The third kappa shape index (κ3) is 5.31. The standard InChI is InChI=1S/C14H28N2O3S/c1-14(5-9-19-10-6-14)12-16-20(17,18)11-4-13-2-7-15-8-3-13/h13,15-16H,2-12H2,1H3. The van der Waals surface area contributed by atoms with Crippen molar-refractivity contribution in [1.29, 1.82) is 0 Å². The summed E-state index contributed by atoms with van der Waals surface area (Å²) in [7, 11) is -3.13. The Balaban J connectivity index is 1.72. The van der Waals surface area contributed by atoms with E-state index in [1.165, 1.54) is 0 Å². The Hall–Kier alpha value is -0.170.